The predicted octanol–water partition coefficient (Wildman–Crippen LogP) is 0.810. The summed E-state index contributed by atoms with van der Waals surface area (Å²) in [5.41, 5.74) is 2.48. The van der Waals surface area contributed by atoms with Gasteiger partial charge in [0.2, 0.25) is 5.91 Å². The SMILES string of the molecule is COCC(=O)NC1CCc2c(ccc(=O)n2CC2CCN(C)CC2)C1. The van der Waals surface area contributed by atoms with Gasteiger partial charge in [0.25, 0.3) is 5.56 Å². The van der Waals surface area contributed by atoms with Crippen molar-refractivity contribution in [3.05, 3.63) is 33.7 Å². The monoisotopic (exact) mass is 347 g/mol. The van der Waals surface area contributed by atoms with Gasteiger partial charge in [0.05, 0.1) is 0 Å². The molecule has 6 nitrogen and oxygen atoms in total. The molecule has 1 atom stereocenters. The summed E-state index contributed by atoms with van der Waals surface area (Å²) in [4.78, 5) is 26.5. The van der Waals surface area contributed by atoms with E-state index >= 15 is 0 Å². The number of rotatable bonds is 5. The zero-order valence-electron chi connectivity index (χ0n) is 15.3. The van der Waals surface area contributed by atoms with Crippen LogP contribution in [0.5, 0.6) is 0 Å². The van der Waals surface area contributed by atoms with Gasteiger partial charge in [-0.05, 0) is 63.7 Å². The summed E-state index contributed by atoms with van der Waals surface area (Å²) in [7, 11) is 3.68. The molecule has 1 aromatic heterocycles. The highest BCUT2D eigenvalue weighted by Gasteiger charge is 2.24. The summed E-state index contributed by atoms with van der Waals surface area (Å²) < 4.78 is 6.88. The number of carbonyl (C=O) groups excluding carboxylic acids is 1. The van der Waals surface area contributed by atoms with Crippen LogP contribution in [0.15, 0.2) is 16.9 Å². The van der Waals surface area contributed by atoms with Crippen LogP contribution in [-0.4, -0.2) is 55.3 Å². The molecule has 0 bridgehead atoms. The Kier molecular flexibility index (Phi) is 5.91. The van der Waals surface area contributed by atoms with E-state index in [2.05, 4.69) is 17.3 Å². The normalized spacial score (nSPS) is 21.8. The molecule has 1 N–H and O–H groups in total. The van der Waals surface area contributed by atoms with Crippen molar-refractivity contribution < 1.29 is 9.53 Å². The Bertz CT molecular complexity index is 662. The van der Waals surface area contributed by atoms with E-state index in [-0.39, 0.29) is 24.1 Å². The average Bonchev–Trinajstić information content (AvgIpc) is 2.59. The van der Waals surface area contributed by atoms with Gasteiger partial charge in [0.1, 0.15) is 6.61 Å². The molecule has 25 heavy (non-hydrogen) atoms. The Morgan fingerprint density at radius 3 is 2.76 bits per heavy atom. The van der Waals surface area contributed by atoms with Crippen molar-refractivity contribution in [3.63, 3.8) is 0 Å². The third-order valence-electron chi connectivity index (χ3n) is 5.50. The maximum atomic E-state index is 12.4. The van der Waals surface area contributed by atoms with Crippen molar-refractivity contribution in [2.45, 2.75) is 44.7 Å². The van der Waals surface area contributed by atoms with Crippen LogP contribution in [0, 0.1) is 5.92 Å². The summed E-state index contributed by atoms with van der Waals surface area (Å²) >= 11 is 0. The minimum absolute atomic E-state index is 0.0735. The number of fused-ring (bicyclic) bond motifs is 1. The summed E-state index contributed by atoms with van der Waals surface area (Å²) in [5, 5.41) is 3.02. The molecule has 1 amide bonds. The Hall–Kier alpha value is -1.66. The lowest BCUT2D eigenvalue weighted by Crippen LogP contribution is -2.42. The number of likely N-dealkylation sites (tertiary alicyclic amines) is 1. The van der Waals surface area contributed by atoms with Crippen molar-refractivity contribution in [1.82, 2.24) is 14.8 Å². The lowest BCUT2D eigenvalue weighted by Gasteiger charge is -2.32. The van der Waals surface area contributed by atoms with E-state index < -0.39 is 0 Å². The first-order valence-corrected chi connectivity index (χ1v) is 9.25. The summed E-state index contributed by atoms with van der Waals surface area (Å²) in [6.45, 7) is 3.15. The quantitative estimate of drug-likeness (QED) is 0.856. The standard InChI is InChI=1S/C19H29N3O3/c1-21-9-7-14(8-10-21)12-22-17-5-4-16(20-18(23)13-25-2)11-15(17)3-6-19(22)24/h3,6,14,16H,4-5,7-13H2,1-2H3,(H,20,23). The van der Waals surface area contributed by atoms with E-state index in [0.717, 1.165) is 51.7 Å². The molecule has 1 saturated heterocycles. The topological polar surface area (TPSA) is 63.6 Å². The molecule has 1 aromatic rings. The van der Waals surface area contributed by atoms with Crippen LogP contribution in [0.4, 0.5) is 0 Å². The minimum Gasteiger partial charge on any atom is -0.375 e. The molecule has 0 spiro atoms. The molecule has 138 valence electrons. The second-order valence-electron chi connectivity index (χ2n) is 7.44. The second kappa shape index (κ2) is 8.15. The number of carbonyl (C=O) groups is 1. The van der Waals surface area contributed by atoms with Gasteiger partial charge in [-0.3, -0.25) is 9.59 Å². The molecule has 1 aliphatic heterocycles. The third-order valence-corrected chi connectivity index (χ3v) is 5.50. The van der Waals surface area contributed by atoms with Crippen LogP contribution >= 0.6 is 0 Å². The molecule has 0 radical (unpaired) electrons. The highest BCUT2D eigenvalue weighted by molar-refractivity contribution is 5.77. The third kappa shape index (κ3) is 4.50. The number of piperidine rings is 1. The highest BCUT2D eigenvalue weighted by Crippen LogP contribution is 2.23. The molecule has 0 aromatic carbocycles. The van der Waals surface area contributed by atoms with Crippen molar-refractivity contribution in [3.8, 4) is 0 Å². The first-order valence-electron chi connectivity index (χ1n) is 9.25. The Balaban J connectivity index is 1.70. The molecule has 1 fully saturated rings. The van der Waals surface area contributed by atoms with Crippen molar-refractivity contribution in [1.29, 1.82) is 0 Å². The lowest BCUT2D eigenvalue weighted by atomic mass is 9.90. The van der Waals surface area contributed by atoms with Crippen molar-refractivity contribution in [2.24, 2.45) is 5.92 Å². The number of hydrogen-bond donors (Lipinski definition) is 1. The average molecular weight is 347 g/mol. The van der Waals surface area contributed by atoms with E-state index in [1.54, 1.807) is 6.07 Å². The lowest BCUT2D eigenvalue weighted by molar-refractivity contribution is -0.125. The number of hydrogen-bond acceptors (Lipinski definition) is 4. The smallest absolute Gasteiger partial charge is 0.250 e. The number of aromatic nitrogens is 1. The van der Waals surface area contributed by atoms with Crippen LogP contribution in [0.25, 0.3) is 0 Å². The summed E-state index contributed by atoms with van der Waals surface area (Å²) in [5.74, 6) is 0.509. The van der Waals surface area contributed by atoms with Crippen LogP contribution in [-0.2, 0) is 28.9 Å². The number of nitrogens with zero attached hydrogens (tertiary/aromatic N) is 2. The van der Waals surface area contributed by atoms with Gasteiger partial charge in [0, 0.05) is 31.5 Å². The van der Waals surface area contributed by atoms with Crippen LogP contribution < -0.4 is 10.9 Å². The van der Waals surface area contributed by atoms with E-state index in [4.69, 9.17) is 4.74 Å². The second-order valence-corrected chi connectivity index (χ2v) is 7.44. The van der Waals surface area contributed by atoms with Gasteiger partial charge in [-0.15, -0.1) is 0 Å². The van der Waals surface area contributed by atoms with Crippen molar-refractivity contribution >= 4 is 5.91 Å². The van der Waals surface area contributed by atoms with Gasteiger partial charge in [0.15, 0.2) is 0 Å². The van der Waals surface area contributed by atoms with Gasteiger partial charge >= 0.3 is 0 Å². The van der Waals surface area contributed by atoms with Crippen molar-refractivity contribution in [2.75, 3.05) is 33.9 Å². The van der Waals surface area contributed by atoms with Gasteiger partial charge in [-0.25, -0.2) is 0 Å². The molecule has 1 unspecified atom stereocenters. The Morgan fingerprint density at radius 2 is 2.04 bits per heavy atom. The molecule has 3 rings (SSSR count). The fraction of sp³-hybridized carbons (Fsp3) is 0.684. The van der Waals surface area contributed by atoms with Gasteiger partial charge in [-0.2, -0.15) is 0 Å². The molecule has 1 aliphatic carbocycles. The number of amides is 1. The fourth-order valence-corrected chi connectivity index (χ4v) is 4.05. The molecule has 6 heteroatoms. The molecule has 2 heterocycles. The largest absolute Gasteiger partial charge is 0.375 e. The van der Waals surface area contributed by atoms with Gasteiger partial charge < -0.3 is 19.5 Å². The zero-order chi connectivity index (χ0) is 17.8. The fourth-order valence-electron chi connectivity index (χ4n) is 4.05. The van der Waals surface area contributed by atoms with Crippen LogP contribution in [0.3, 0.4) is 0 Å². The van der Waals surface area contributed by atoms with Crippen LogP contribution in [0.1, 0.15) is 30.5 Å². The Morgan fingerprint density at radius 1 is 1.28 bits per heavy atom. The predicted molar refractivity (Wildman–Crippen MR) is 96.8 cm³/mol. The number of nitrogens with one attached hydrogen (secondary N) is 1. The first kappa shape index (κ1) is 18.1. The number of pyridine rings is 1. The highest BCUT2D eigenvalue weighted by atomic mass is 16.5. The van der Waals surface area contributed by atoms with E-state index in [0.29, 0.717) is 5.92 Å². The summed E-state index contributed by atoms with van der Waals surface area (Å²) in [6, 6.07) is 3.76. The minimum atomic E-state index is -0.0735. The van der Waals surface area contributed by atoms with E-state index in [9.17, 15) is 9.59 Å². The number of methoxy groups -OCH3 is 1. The molecule has 2 aliphatic rings. The van der Waals surface area contributed by atoms with Gasteiger partial charge in [-0.1, -0.05) is 6.07 Å². The molecular weight excluding hydrogens is 318 g/mol. The maximum absolute atomic E-state index is 12.4. The zero-order valence-corrected chi connectivity index (χ0v) is 15.3. The van der Waals surface area contributed by atoms with Crippen LogP contribution in [0.2, 0.25) is 0 Å². The molecular formula is C19H29N3O3. The molecule has 0 saturated carbocycles. The maximum Gasteiger partial charge on any atom is 0.250 e. The Labute approximate surface area is 149 Å². The van der Waals surface area contributed by atoms with E-state index in [1.807, 2.05) is 10.6 Å². The first-order chi connectivity index (χ1) is 12.1. The summed E-state index contributed by atoms with van der Waals surface area (Å²) in [6.07, 6.45) is 4.82. The number of ether oxygens (including phenoxy) is 1. The van der Waals surface area contributed by atoms with E-state index in [1.165, 1.54) is 18.4 Å².